The standard InChI is InChI=1S/C17H19F2NO/c1-3-13-4-6-14(7-5-13)12(2)20-15-8-10-16(11-9-15)21-17(18)19/h4-12,17,20H,3H2,1-2H3. The van der Waals surface area contributed by atoms with Crippen LogP contribution in [0.2, 0.25) is 0 Å². The van der Waals surface area contributed by atoms with E-state index >= 15 is 0 Å². The molecule has 0 spiro atoms. The van der Waals surface area contributed by atoms with Crippen molar-refractivity contribution < 1.29 is 13.5 Å². The van der Waals surface area contributed by atoms with Crippen LogP contribution in [0.15, 0.2) is 48.5 Å². The summed E-state index contributed by atoms with van der Waals surface area (Å²) >= 11 is 0. The number of hydrogen-bond acceptors (Lipinski definition) is 2. The summed E-state index contributed by atoms with van der Waals surface area (Å²) in [6, 6.07) is 15.1. The van der Waals surface area contributed by atoms with Crippen LogP contribution < -0.4 is 10.1 Å². The van der Waals surface area contributed by atoms with E-state index in [4.69, 9.17) is 0 Å². The first-order chi connectivity index (χ1) is 10.1. The predicted octanol–water partition coefficient (Wildman–Crippen LogP) is 5.02. The van der Waals surface area contributed by atoms with Gasteiger partial charge in [-0.25, -0.2) is 0 Å². The number of benzene rings is 2. The van der Waals surface area contributed by atoms with Crippen LogP contribution in [0.3, 0.4) is 0 Å². The molecule has 0 saturated heterocycles. The Labute approximate surface area is 123 Å². The molecule has 0 radical (unpaired) electrons. The molecule has 0 amide bonds. The summed E-state index contributed by atoms with van der Waals surface area (Å²) in [5.41, 5.74) is 3.35. The third kappa shape index (κ3) is 4.45. The van der Waals surface area contributed by atoms with Crippen LogP contribution in [0.5, 0.6) is 5.75 Å². The number of nitrogens with one attached hydrogen (secondary N) is 1. The molecule has 2 rings (SSSR count). The third-order valence-corrected chi connectivity index (χ3v) is 3.35. The zero-order valence-corrected chi connectivity index (χ0v) is 12.1. The molecule has 21 heavy (non-hydrogen) atoms. The Morgan fingerprint density at radius 1 is 1.00 bits per heavy atom. The molecular formula is C17H19F2NO. The minimum absolute atomic E-state index is 0.137. The van der Waals surface area contributed by atoms with Crippen molar-refractivity contribution in [2.45, 2.75) is 32.9 Å². The number of aryl methyl sites for hydroxylation is 1. The number of halogens is 2. The van der Waals surface area contributed by atoms with Crippen LogP contribution in [0.4, 0.5) is 14.5 Å². The summed E-state index contributed by atoms with van der Waals surface area (Å²) < 4.78 is 28.5. The van der Waals surface area contributed by atoms with Crippen molar-refractivity contribution in [3.63, 3.8) is 0 Å². The lowest BCUT2D eigenvalue weighted by Gasteiger charge is -2.16. The quantitative estimate of drug-likeness (QED) is 0.806. The fraction of sp³-hybridized carbons (Fsp3) is 0.294. The lowest BCUT2D eigenvalue weighted by molar-refractivity contribution is -0.0498. The normalized spacial score (nSPS) is 12.2. The van der Waals surface area contributed by atoms with Gasteiger partial charge in [0, 0.05) is 11.7 Å². The molecular weight excluding hydrogens is 272 g/mol. The Morgan fingerprint density at radius 2 is 1.62 bits per heavy atom. The van der Waals surface area contributed by atoms with Gasteiger partial charge in [0.05, 0.1) is 0 Å². The average Bonchev–Trinajstić information content (AvgIpc) is 2.49. The van der Waals surface area contributed by atoms with Crippen molar-refractivity contribution in [3.05, 3.63) is 59.7 Å². The molecule has 2 nitrogen and oxygen atoms in total. The molecule has 0 aliphatic rings. The average molecular weight is 291 g/mol. The van der Waals surface area contributed by atoms with Gasteiger partial charge in [-0.15, -0.1) is 0 Å². The highest BCUT2D eigenvalue weighted by Crippen LogP contribution is 2.22. The molecule has 2 aromatic carbocycles. The van der Waals surface area contributed by atoms with Gasteiger partial charge < -0.3 is 10.1 Å². The van der Waals surface area contributed by atoms with Gasteiger partial charge in [-0.05, 0) is 48.7 Å². The lowest BCUT2D eigenvalue weighted by Crippen LogP contribution is -2.07. The van der Waals surface area contributed by atoms with E-state index in [0.29, 0.717) is 0 Å². The minimum atomic E-state index is -2.79. The van der Waals surface area contributed by atoms with Gasteiger partial charge in [0.15, 0.2) is 0 Å². The van der Waals surface area contributed by atoms with Gasteiger partial charge in [-0.2, -0.15) is 8.78 Å². The van der Waals surface area contributed by atoms with Crippen LogP contribution in [0.25, 0.3) is 0 Å². The van der Waals surface area contributed by atoms with Crippen molar-refractivity contribution in [1.82, 2.24) is 0 Å². The summed E-state index contributed by atoms with van der Waals surface area (Å²) in [6.07, 6.45) is 1.02. The summed E-state index contributed by atoms with van der Waals surface area (Å²) in [6.45, 7) is 1.39. The van der Waals surface area contributed by atoms with Gasteiger partial charge in [0.2, 0.25) is 0 Å². The molecule has 0 bridgehead atoms. The monoisotopic (exact) mass is 291 g/mol. The van der Waals surface area contributed by atoms with E-state index in [1.807, 2.05) is 0 Å². The highest BCUT2D eigenvalue weighted by molar-refractivity contribution is 5.48. The Hall–Kier alpha value is -2.10. The minimum Gasteiger partial charge on any atom is -0.435 e. The van der Waals surface area contributed by atoms with E-state index in [9.17, 15) is 8.78 Å². The maximum absolute atomic E-state index is 12.1. The van der Waals surface area contributed by atoms with E-state index in [-0.39, 0.29) is 11.8 Å². The van der Waals surface area contributed by atoms with Gasteiger partial charge in [-0.1, -0.05) is 31.2 Å². The van der Waals surface area contributed by atoms with Gasteiger partial charge in [0.1, 0.15) is 5.75 Å². The second-order valence-corrected chi connectivity index (χ2v) is 4.86. The molecule has 0 saturated carbocycles. The van der Waals surface area contributed by atoms with Crippen LogP contribution >= 0.6 is 0 Å². The van der Waals surface area contributed by atoms with Crippen LogP contribution in [0, 0.1) is 0 Å². The van der Waals surface area contributed by atoms with E-state index in [0.717, 1.165) is 12.1 Å². The number of ether oxygens (including phenoxy) is 1. The molecule has 2 aromatic rings. The predicted molar refractivity (Wildman–Crippen MR) is 80.9 cm³/mol. The van der Waals surface area contributed by atoms with Crippen LogP contribution in [0.1, 0.15) is 31.0 Å². The molecule has 4 heteroatoms. The first kappa shape index (κ1) is 15.3. The van der Waals surface area contributed by atoms with Crippen molar-refractivity contribution in [1.29, 1.82) is 0 Å². The molecule has 0 aliphatic carbocycles. The first-order valence-corrected chi connectivity index (χ1v) is 6.98. The molecule has 0 aromatic heterocycles. The number of hydrogen-bond donors (Lipinski definition) is 1. The topological polar surface area (TPSA) is 21.3 Å². The zero-order valence-electron chi connectivity index (χ0n) is 12.1. The van der Waals surface area contributed by atoms with E-state index in [2.05, 4.69) is 48.2 Å². The molecule has 1 atom stereocenters. The summed E-state index contributed by atoms with van der Waals surface area (Å²) in [5, 5.41) is 3.33. The first-order valence-electron chi connectivity index (χ1n) is 6.98. The summed E-state index contributed by atoms with van der Waals surface area (Å²) in [5.74, 6) is 0.163. The second-order valence-electron chi connectivity index (χ2n) is 4.86. The fourth-order valence-electron chi connectivity index (χ4n) is 2.11. The SMILES string of the molecule is CCc1ccc(C(C)Nc2ccc(OC(F)F)cc2)cc1. The van der Waals surface area contributed by atoms with Gasteiger partial charge in [-0.3, -0.25) is 0 Å². The third-order valence-electron chi connectivity index (χ3n) is 3.35. The number of alkyl halides is 2. The van der Waals surface area contributed by atoms with Crippen molar-refractivity contribution in [2.24, 2.45) is 0 Å². The highest BCUT2D eigenvalue weighted by atomic mass is 19.3. The molecule has 112 valence electrons. The molecule has 0 fully saturated rings. The van der Waals surface area contributed by atoms with E-state index in [1.54, 1.807) is 12.1 Å². The van der Waals surface area contributed by atoms with Gasteiger partial charge in [0.25, 0.3) is 0 Å². The maximum Gasteiger partial charge on any atom is 0.387 e. The van der Waals surface area contributed by atoms with Crippen LogP contribution in [-0.2, 0) is 6.42 Å². The molecule has 0 heterocycles. The van der Waals surface area contributed by atoms with Crippen molar-refractivity contribution in [2.75, 3.05) is 5.32 Å². The largest absolute Gasteiger partial charge is 0.435 e. The molecule has 1 N–H and O–H groups in total. The number of rotatable bonds is 6. The van der Waals surface area contributed by atoms with Crippen molar-refractivity contribution >= 4 is 5.69 Å². The Bertz CT molecular complexity index is 552. The van der Waals surface area contributed by atoms with E-state index < -0.39 is 6.61 Å². The smallest absolute Gasteiger partial charge is 0.387 e. The van der Waals surface area contributed by atoms with E-state index in [1.165, 1.54) is 23.3 Å². The summed E-state index contributed by atoms with van der Waals surface area (Å²) in [7, 11) is 0. The Kier molecular flexibility index (Phi) is 5.14. The van der Waals surface area contributed by atoms with Crippen LogP contribution in [-0.4, -0.2) is 6.61 Å². The van der Waals surface area contributed by atoms with Crippen molar-refractivity contribution in [3.8, 4) is 5.75 Å². The second kappa shape index (κ2) is 7.07. The molecule has 1 unspecified atom stereocenters. The van der Waals surface area contributed by atoms with Gasteiger partial charge >= 0.3 is 6.61 Å². The lowest BCUT2D eigenvalue weighted by atomic mass is 10.0. The number of anilines is 1. The highest BCUT2D eigenvalue weighted by Gasteiger charge is 2.07. The summed E-state index contributed by atoms with van der Waals surface area (Å²) in [4.78, 5) is 0. The Morgan fingerprint density at radius 3 is 2.14 bits per heavy atom. The Balaban J connectivity index is 1.99. The maximum atomic E-state index is 12.1. The fourth-order valence-corrected chi connectivity index (χ4v) is 2.11. The zero-order chi connectivity index (χ0) is 15.2. The molecule has 0 aliphatic heterocycles.